The minimum atomic E-state index is -3.93. The first kappa shape index (κ1) is 23.6. The second kappa shape index (κ2) is 9.22. The molecule has 1 aromatic heterocycles. The number of carbonyl (C=O) groups excluding carboxylic acids is 2. The highest BCUT2D eigenvalue weighted by Gasteiger charge is 2.35. The van der Waals surface area contributed by atoms with Crippen molar-refractivity contribution < 1.29 is 27.5 Å². The number of para-hydroxylation sites is 1. The molecule has 0 aliphatic rings. The lowest BCUT2D eigenvalue weighted by molar-refractivity contribution is 0.0603. The average Bonchev–Trinajstić information content (AvgIpc) is 3.15. The molecule has 10 heteroatoms. The van der Waals surface area contributed by atoms with Crippen LogP contribution in [0.3, 0.4) is 0 Å². The fourth-order valence-electron chi connectivity index (χ4n) is 3.65. The molecule has 8 nitrogen and oxygen atoms in total. The van der Waals surface area contributed by atoms with Crippen LogP contribution in [0.5, 0.6) is 5.75 Å². The van der Waals surface area contributed by atoms with Crippen LogP contribution in [0, 0.1) is 0 Å². The maximum Gasteiger partial charge on any atom is 0.340 e. The van der Waals surface area contributed by atoms with Crippen LogP contribution in [0.15, 0.2) is 48.7 Å². The number of hydrogen-bond donors (Lipinski definition) is 0. The van der Waals surface area contributed by atoms with Crippen LogP contribution in [0.2, 0.25) is 5.02 Å². The number of nitrogens with zero attached hydrogens (tertiary/aromatic N) is 2. The largest absolute Gasteiger partial charge is 0.495 e. The Morgan fingerprint density at radius 3 is 2.44 bits per heavy atom. The maximum absolute atomic E-state index is 13.7. The average molecular weight is 479 g/mol. The topological polar surface area (TPSA) is 94.9 Å². The zero-order chi connectivity index (χ0) is 23.6. The Kier molecular flexibility index (Phi) is 6.80. The van der Waals surface area contributed by atoms with E-state index in [1.165, 1.54) is 37.1 Å². The Morgan fingerprint density at radius 1 is 1.16 bits per heavy atom. The lowest BCUT2D eigenvalue weighted by atomic mass is 10.1. The van der Waals surface area contributed by atoms with E-state index in [9.17, 15) is 18.0 Å². The van der Waals surface area contributed by atoms with Crippen molar-refractivity contribution in [3.8, 4) is 5.75 Å². The quantitative estimate of drug-likeness (QED) is 0.477. The summed E-state index contributed by atoms with van der Waals surface area (Å²) in [5.74, 6) is -0.887. The zero-order valence-electron chi connectivity index (χ0n) is 18.0. The number of methoxy groups -OCH3 is 2. The fourth-order valence-corrected chi connectivity index (χ4v) is 5.02. The van der Waals surface area contributed by atoms with Crippen LogP contribution < -0.4 is 9.04 Å². The van der Waals surface area contributed by atoms with Crippen molar-refractivity contribution in [2.75, 3.05) is 24.8 Å². The van der Waals surface area contributed by atoms with Gasteiger partial charge in [0.25, 0.3) is 5.91 Å². The van der Waals surface area contributed by atoms with Gasteiger partial charge in [-0.3, -0.25) is 13.7 Å². The molecule has 0 bridgehead atoms. The van der Waals surface area contributed by atoms with Crippen molar-refractivity contribution in [1.82, 2.24) is 4.57 Å². The summed E-state index contributed by atoms with van der Waals surface area (Å²) in [5, 5.41) is 0.810. The van der Waals surface area contributed by atoms with Crippen molar-refractivity contribution in [2.24, 2.45) is 0 Å². The third-order valence-corrected chi connectivity index (χ3v) is 6.45. The van der Waals surface area contributed by atoms with Gasteiger partial charge in [-0.15, -0.1) is 0 Å². The van der Waals surface area contributed by atoms with E-state index in [0.717, 1.165) is 10.6 Å². The van der Waals surface area contributed by atoms with Crippen LogP contribution in [0.1, 0.15) is 28.5 Å². The van der Waals surface area contributed by atoms with Crippen molar-refractivity contribution in [3.05, 3.63) is 59.2 Å². The van der Waals surface area contributed by atoms with E-state index in [-0.39, 0.29) is 28.4 Å². The molecule has 3 aromatic rings. The second-order valence-electron chi connectivity index (χ2n) is 7.06. The van der Waals surface area contributed by atoms with E-state index in [1.54, 1.807) is 37.3 Å². The lowest BCUT2D eigenvalue weighted by Gasteiger charge is -2.31. The number of sulfonamides is 1. The van der Waals surface area contributed by atoms with Crippen LogP contribution in [0.25, 0.3) is 10.9 Å². The number of halogens is 1. The third-order valence-electron chi connectivity index (χ3n) is 5.05. The van der Waals surface area contributed by atoms with E-state index in [2.05, 4.69) is 0 Å². The highest BCUT2D eigenvalue weighted by Crippen LogP contribution is 2.35. The molecule has 0 saturated carbocycles. The van der Waals surface area contributed by atoms with Gasteiger partial charge in [0.2, 0.25) is 10.0 Å². The number of esters is 1. The van der Waals surface area contributed by atoms with Gasteiger partial charge in [-0.05, 0) is 30.7 Å². The summed E-state index contributed by atoms with van der Waals surface area (Å²) in [6.07, 6.45) is 2.54. The zero-order valence-corrected chi connectivity index (χ0v) is 19.6. The van der Waals surface area contributed by atoms with Gasteiger partial charge in [-0.1, -0.05) is 36.7 Å². The molecule has 0 aliphatic carbocycles. The first-order valence-corrected chi connectivity index (χ1v) is 11.9. The minimum absolute atomic E-state index is 0.146. The number of fused-ring (bicyclic) bond motifs is 1. The van der Waals surface area contributed by atoms with Gasteiger partial charge in [-0.2, -0.15) is 0 Å². The number of rotatable bonds is 7. The molecule has 0 fully saturated rings. The van der Waals surface area contributed by atoms with E-state index < -0.39 is 27.9 Å². The molecule has 1 heterocycles. The van der Waals surface area contributed by atoms with Crippen molar-refractivity contribution >= 4 is 50.1 Å². The van der Waals surface area contributed by atoms with Gasteiger partial charge in [0.1, 0.15) is 11.8 Å². The lowest BCUT2D eigenvalue weighted by Crippen LogP contribution is -2.46. The second-order valence-corrected chi connectivity index (χ2v) is 9.35. The first-order chi connectivity index (χ1) is 15.1. The van der Waals surface area contributed by atoms with Crippen molar-refractivity contribution in [2.45, 2.75) is 19.4 Å². The fraction of sp³-hybridized carbons (Fsp3) is 0.273. The Labute approximate surface area is 191 Å². The smallest absolute Gasteiger partial charge is 0.340 e. The molecular weight excluding hydrogens is 456 g/mol. The minimum Gasteiger partial charge on any atom is -0.495 e. The third kappa shape index (κ3) is 4.31. The SMILES string of the molecule is CCC(C(=O)n1cc(C(=O)OC)c2ccccc21)N(c1cc(Cl)ccc1OC)S(C)(=O)=O. The molecular formula is C22H23ClN2O6S. The van der Waals surface area contributed by atoms with E-state index in [1.807, 2.05) is 0 Å². The number of carbonyl (C=O) groups is 2. The molecule has 0 N–H and O–H groups in total. The number of aromatic nitrogens is 1. The number of anilines is 1. The summed E-state index contributed by atoms with van der Waals surface area (Å²) in [6, 6.07) is 10.2. The van der Waals surface area contributed by atoms with Crippen LogP contribution in [-0.4, -0.2) is 51.4 Å². The van der Waals surface area contributed by atoms with Crippen molar-refractivity contribution in [3.63, 3.8) is 0 Å². The van der Waals surface area contributed by atoms with Crippen LogP contribution >= 0.6 is 11.6 Å². The summed E-state index contributed by atoms with van der Waals surface area (Å²) in [7, 11) is -1.28. The summed E-state index contributed by atoms with van der Waals surface area (Å²) in [6.45, 7) is 1.70. The van der Waals surface area contributed by atoms with Gasteiger partial charge < -0.3 is 9.47 Å². The van der Waals surface area contributed by atoms with Crippen LogP contribution in [-0.2, 0) is 14.8 Å². The normalized spacial score (nSPS) is 12.4. The van der Waals surface area contributed by atoms with Gasteiger partial charge in [0.05, 0.1) is 37.2 Å². The van der Waals surface area contributed by atoms with Crippen LogP contribution in [0.4, 0.5) is 5.69 Å². The van der Waals surface area contributed by atoms with E-state index >= 15 is 0 Å². The highest BCUT2D eigenvalue weighted by atomic mass is 35.5. The molecule has 3 rings (SSSR count). The van der Waals surface area contributed by atoms with Gasteiger partial charge in [0.15, 0.2) is 0 Å². The highest BCUT2D eigenvalue weighted by molar-refractivity contribution is 7.92. The summed E-state index contributed by atoms with van der Waals surface area (Å²) in [4.78, 5) is 25.9. The predicted molar refractivity (Wildman–Crippen MR) is 123 cm³/mol. The van der Waals surface area contributed by atoms with Gasteiger partial charge in [-0.25, -0.2) is 13.2 Å². The van der Waals surface area contributed by atoms with Gasteiger partial charge in [0, 0.05) is 16.6 Å². The van der Waals surface area contributed by atoms with Crippen molar-refractivity contribution in [1.29, 1.82) is 0 Å². The molecule has 0 aliphatic heterocycles. The Balaban J connectivity index is 2.22. The van der Waals surface area contributed by atoms with Gasteiger partial charge >= 0.3 is 5.97 Å². The Hall–Kier alpha value is -3.04. The Morgan fingerprint density at radius 2 is 1.84 bits per heavy atom. The molecule has 0 radical (unpaired) electrons. The molecule has 0 saturated heterocycles. The van der Waals surface area contributed by atoms with E-state index in [4.69, 9.17) is 21.1 Å². The summed E-state index contributed by atoms with van der Waals surface area (Å²) < 4.78 is 38.2. The molecule has 0 spiro atoms. The van der Waals surface area contributed by atoms with E-state index in [0.29, 0.717) is 10.9 Å². The molecule has 1 unspecified atom stereocenters. The molecule has 1 atom stereocenters. The maximum atomic E-state index is 13.7. The predicted octanol–water partition coefficient (Wildman–Crippen LogP) is 3.97. The number of hydrogen-bond acceptors (Lipinski definition) is 6. The number of benzene rings is 2. The molecule has 0 amide bonds. The molecule has 32 heavy (non-hydrogen) atoms. The molecule has 2 aromatic carbocycles. The summed E-state index contributed by atoms with van der Waals surface area (Å²) in [5.41, 5.74) is 0.813. The number of ether oxygens (including phenoxy) is 2. The first-order valence-electron chi connectivity index (χ1n) is 9.69. The standard InChI is InChI=1S/C22H23ClN2O6S/c1-5-17(25(32(4,28)29)19-12-14(23)10-11-20(19)30-2)21(26)24-13-16(22(27)31-3)15-8-6-7-9-18(15)24/h6-13,17H,5H2,1-4H3. The summed E-state index contributed by atoms with van der Waals surface area (Å²) >= 11 is 6.13. The molecule has 170 valence electrons. The Bertz CT molecular complexity index is 1280. The monoisotopic (exact) mass is 478 g/mol.